The minimum atomic E-state index is -0.309. The van der Waals surface area contributed by atoms with Gasteiger partial charge < -0.3 is 5.32 Å². The van der Waals surface area contributed by atoms with Gasteiger partial charge in [-0.15, -0.1) is 0 Å². The number of anilines is 1. The highest BCUT2D eigenvalue weighted by Crippen LogP contribution is 2.23. The Morgan fingerprint density at radius 3 is 2.65 bits per heavy atom. The number of nitrogens with zero attached hydrogens (tertiary/aromatic N) is 1. The van der Waals surface area contributed by atoms with Gasteiger partial charge in [0.1, 0.15) is 0 Å². The Hall–Kier alpha value is -1.58. The molecule has 94 valence electrons. The van der Waals surface area contributed by atoms with Crippen molar-refractivity contribution in [2.24, 2.45) is 0 Å². The molecule has 0 unspecified atom stereocenters. The van der Waals surface area contributed by atoms with Gasteiger partial charge in [0.2, 0.25) is 0 Å². The van der Waals surface area contributed by atoms with Crippen molar-refractivity contribution in [1.82, 2.24) is 0 Å². The van der Waals surface area contributed by atoms with Crippen molar-refractivity contribution in [3.8, 4) is 0 Å². The number of hydrogen-bond acceptors (Lipinski definition) is 3. The van der Waals surface area contributed by atoms with E-state index in [1.54, 1.807) is 6.07 Å². The fourth-order valence-corrected chi connectivity index (χ4v) is 1.75. The van der Waals surface area contributed by atoms with Gasteiger partial charge in [0.25, 0.3) is 5.69 Å². The minimum Gasteiger partial charge on any atom is -0.385 e. The highest BCUT2D eigenvalue weighted by atomic mass is 16.6. The first-order valence-electron chi connectivity index (χ1n) is 6.20. The molecule has 0 amide bonds. The lowest BCUT2D eigenvalue weighted by Crippen LogP contribution is -2.03. The second kappa shape index (κ2) is 6.89. The number of nitrogens with one attached hydrogen (secondary N) is 1. The van der Waals surface area contributed by atoms with Gasteiger partial charge in [-0.1, -0.05) is 32.8 Å². The average Bonchev–Trinajstić information content (AvgIpc) is 2.34. The summed E-state index contributed by atoms with van der Waals surface area (Å²) in [5.74, 6) is 0. The van der Waals surface area contributed by atoms with Crippen LogP contribution >= 0.6 is 0 Å². The third-order valence-electron chi connectivity index (χ3n) is 2.77. The van der Waals surface area contributed by atoms with E-state index < -0.39 is 0 Å². The Bertz CT molecular complexity index is 378. The van der Waals surface area contributed by atoms with Crippen LogP contribution in [0.2, 0.25) is 0 Å². The number of unbranched alkanes of at least 4 members (excludes halogenated alkanes) is 2. The second-order valence-corrected chi connectivity index (χ2v) is 4.09. The van der Waals surface area contributed by atoms with Crippen LogP contribution in [0, 0.1) is 10.1 Å². The molecule has 0 heterocycles. The maximum Gasteiger partial charge on any atom is 0.274 e. The molecule has 0 aliphatic heterocycles. The molecule has 1 rings (SSSR count). The predicted octanol–water partition coefficient (Wildman–Crippen LogP) is 3.76. The molecule has 1 N–H and O–H groups in total. The molecule has 0 spiro atoms. The third kappa shape index (κ3) is 4.06. The summed E-state index contributed by atoms with van der Waals surface area (Å²) in [6.07, 6.45) is 4.14. The van der Waals surface area contributed by atoms with Gasteiger partial charge in [-0.05, 0) is 18.9 Å². The smallest absolute Gasteiger partial charge is 0.274 e. The van der Waals surface area contributed by atoms with E-state index in [9.17, 15) is 10.1 Å². The molecule has 4 heteroatoms. The summed E-state index contributed by atoms with van der Waals surface area (Å²) < 4.78 is 0. The zero-order valence-corrected chi connectivity index (χ0v) is 10.5. The SMILES string of the molecule is CCCCCNc1ccc(CC)c([N+](=O)[O-])c1. The van der Waals surface area contributed by atoms with Crippen LogP contribution in [-0.2, 0) is 6.42 Å². The van der Waals surface area contributed by atoms with E-state index in [4.69, 9.17) is 0 Å². The zero-order chi connectivity index (χ0) is 12.7. The number of nitro groups is 1. The Balaban J connectivity index is 2.68. The summed E-state index contributed by atoms with van der Waals surface area (Å²) >= 11 is 0. The van der Waals surface area contributed by atoms with Crippen LogP contribution in [0.15, 0.2) is 18.2 Å². The quantitative estimate of drug-likeness (QED) is 0.445. The fourth-order valence-electron chi connectivity index (χ4n) is 1.75. The number of hydrogen-bond donors (Lipinski definition) is 1. The van der Waals surface area contributed by atoms with E-state index >= 15 is 0 Å². The van der Waals surface area contributed by atoms with Crippen LogP contribution in [0.25, 0.3) is 0 Å². The minimum absolute atomic E-state index is 0.216. The van der Waals surface area contributed by atoms with Crippen molar-refractivity contribution in [2.75, 3.05) is 11.9 Å². The lowest BCUT2D eigenvalue weighted by Gasteiger charge is -2.07. The molecular formula is C13H20N2O2. The van der Waals surface area contributed by atoms with Crippen LogP contribution in [0.3, 0.4) is 0 Å². The predicted molar refractivity (Wildman–Crippen MR) is 70.5 cm³/mol. The largest absolute Gasteiger partial charge is 0.385 e. The van der Waals surface area contributed by atoms with E-state index in [-0.39, 0.29) is 10.6 Å². The molecule has 0 saturated carbocycles. The molecule has 0 aliphatic carbocycles. The van der Waals surface area contributed by atoms with Crippen LogP contribution in [-0.4, -0.2) is 11.5 Å². The molecular weight excluding hydrogens is 216 g/mol. The summed E-state index contributed by atoms with van der Waals surface area (Å²) in [6, 6.07) is 5.38. The molecule has 0 radical (unpaired) electrons. The maximum absolute atomic E-state index is 10.9. The Morgan fingerprint density at radius 1 is 1.29 bits per heavy atom. The average molecular weight is 236 g/mol. The first kappa shape index (κ1) is 13.5. The molecule has 4 nitrogen and oxygen atoms in total. The van der Waals surface area contributed by atoms with E-state index in [0.29, 0.717) is 6.42 Å². The number of benzene rings is 1. The van der Waals surface area contributed by atoms with Gasteiger partial charge in [-0.3, -0.25) is 10.1 Å². The van der Waals surface area contributed by atoms with Crippen LogP contribution in [0.4, 0.5) is 11.4 Å². The molecule has 0 atom stereocenters. The van der Waals surface area contributed by atoms with Gasteiger partial charge in [0, 0.05) is 23.9 Å². The molecule has 0 fully saturated rings. The molecule has 0 bridgehead atoms. The van der Waals surface area contributed by atoms with Gasteiger partial charge in [0.15, 0.2) is 0 Å². The number of rotatable bonds is 7. The van der Waals surface area contributed by atoms with Gasteiger partial charge in [-0.25, -0.2) is 0 Å². The molecule has 0 aliphatic rings. The van der Waals surface area contributed by atoms with Crippen molar-refractivity contribution in [1.29, 1.82) is 0 Å². The number of nitro benzene ring substituents is 1. The highest BCUT2D eigenvalue weighted by Gasteiger charge is 2.12. The lowest BCUT2D eigenvalue weighted by molar-refractivity contribution is -0.385. The van der Waals surface area contributed by atoms with Crippen molar-refractivity contribution >= 4 is 11.4 Å². The summed E-state index contributed by atoms with van der Waals surface area (Å²) in [6.45, 7) is 4.95. The van der Waals surface area contributed by atoms with E-state index in [1.165, 1.54) is 12.8 Å². The zero-order valence-electron chi connectivity index (χ0n) is 10.5. The first-order chi connectivity index (χ1) is 8.19. The second-order valence-electron chi connectivity index (χ2n) is 4.09. The normalized spacial score (nSPS) is 10.2. The Morgan fingerprint density at radius 2 is 2.06 bits per heavy atom. The summed E-state index contributed by atoms with van der Waals surface area (Å²) in [5.41, 5.74) is 1.84. The summed E-state index contributed by atoms with van der Waals surface area (Å²) in [5, 5.41) is 14.1. The Labute approximate surface area is 102 Å². The maximum atomic E-state index is 10.9. The van der Waals surface area contributed by atoms with E-state index in [1.807, 2.05) is 19.1 Å². The topological polar surface area (TPSA) is 55.2 Å². The lowest BCUT2D eigenvalue weighted by atomic mass is 10.1. The number of aryl methyl sites for hydroxylation is 1. The van der Waals surface area contributed by atoms with Gasteiger partial charge in [0.05, 0.1) is 4.92 Å². The van der Waals surface area contributed by atoms with Crippen molar-refractivity contribution < 1.29 is 4.92 Å². The van der Waals surface area contributed by atoms with Crippen molar-refractivity contribution in [3.05, 3.63) is 33.9 Å². The molecule has 0 saturated heterocycles. The van der Waals surface area contributed by atoms with Crippen LogP contribution in [0.5, 0.6) is 0 Å². The standard InChI is InChI=1S/C13H20N2O2/c1-3-5-6-9-14-12-8-7-11(4-2)13(10-12)15(16)17/h7-8,10,14H,3-6,9H2,1-2H3. The molecule has 1 aromatic rings. The Kier molecular flexibility index (Phi) is 5.46. The first-order valence-corrected chi connectivity index (χ1v) is 6.20. The van der Waals surface area contributed by atoms with Crippen LogP contribution < -0.4 is 5.32 Å². The highest BCUT2D eigenvalue weighted by molar-refractivity contribution is 5.55. The monoisotopic (exact) mass is 236 g/mol. The van der Waals surface area contributed by atoms with Gasteiger partial charge in [-0.2, -0.15) is 0 Å². The van der Waals surface area contributed by atoms with Crippen molar-refractivity contribution in [3.63, 3.8) is 0 Å². The van der Waals surface area contributed by atoms with E-state index in [0.717, 1.165) is 24.2 Å². The third-order valence-corrected chi connectivity index (χ3v) is 2.77. The van der Waals surface area contributed by atoms with Crippen LogP contribution in [0.1, 0.15) is 38.7 Å². The van der Waals surface area contributed by atoms with Gasteiger partial charge >= 0.3 is 0 Å². The molecule has 0 aromatic heterocycles. The van der Waals surface area contributed by atoms with Crippen molar-refractivity contribution in [2.45, 2.75) is 39.5 Å². The molecule has 1 aromatic carbocycles. The van der Waals surface area contributed by atoms with E-state index in [2.05, 4.69) is 12.2 Å². The molecule has 17 heavy (non-hydrogen) atoms. The summed E-state index contributed by atoms with van der Waals surface area (Å²) in [7, 11) is 0. The summed E-state index contributed by atoms with van der Waals surface area (Å²) in [4.78, 5) is 10.6. The fraction of sp³-hybridized carbons (Fsp3) is 0.538.